The molecule has 0 aliphatic carbocycles. The number of imidazole rings is 1. The van der Waals surface area contributed by atoms with Crippen LogP contribution in [0, 0.1) is 24.4 Å². The molecule has 4 rings (SSSR count). The Hall–Kier alpha value is -3.98. The first-order chi connectivity index (χ1) is 16.8. The standard InChI is InChI=1S/C25H22ClF3N6/c1-3-4-16(25-31-9-10-32-25)15-5-6-17(22(28)24(15)30)21-18(27)7-8-19(23(21)29)34-35-20-11-14(26)12-33-13(20)2/h4-12,34-35H,3,30H2,1-2H3,(H,31,32)/b16-4-. The van der Waals surface area contributed by atoms with E-state index in [4.69, 9.17) is 17.3 Å². The van der Waals surface area contributed by atoms with E-state index < -0.39 is 23.0 Å². The monoisotopic (exact) mass is 498 g/mol. The third kappa shape index (κ3) is 4.81. The minimum atomic E-state index is -0.994. The zero-order valence-electron chi connectivity index (χ0n) is 18.9. The Morgan fingerprint density at radius 3 is 2.57 bits per heavy atom. The highest BCUT2D eigenvalue weighted by atomic mass is 35.5. The molecule has 6 nitrogen and oxygen atoms in total. The second-order valence-electron chi connectivity index (χ2n) is 7.67. The molecule has 2 aromatic carbocycles. The molecule has 2 aromatic heterocycles. The summed E-state index contributed by atoms with van der Waals surface area (Å²) in [5.74, 6) is -2.36. The van der Waals surface area contributed by atoms with Crippen LogP contribution in [-0.2, 0) is 0 Å². The third-order valence-electron chi connectivity index (χ3n) is 5.38. The van der Waals surface area contributed by atoms with E-state index >= 15 is 8.78 Å². The van der Waals surface area contributed by atoms with Crippen LogP contribution in [-0.4, -0.2) is 15.0 Å². The van der Waals surface area contributed by atoms with Gasteiger partial charge in [0.15, 0.2) is 11.6 Å². The van der Waals surface area contributed by atoms with Gasteiger partial charge in [0.25, 0.3) is 0 Å². The molecule has 0 atom stereocenters. The fraction of sp³-hybridized carbons (Fsp3) is 0.120. The lowest BCUT2D eigenvalue weighted by molar-refractivity contribution is 0.584. The topological polar surface area (TPSA) is 91.6 Å². The van der Waals surface area contributed by atoms with Gasteiger partial charge in [0.05, 0.1) is 33.3 Å². The zero-order valence-corrected chi connectivity index (χ0v) is 19.6. The number of H-pyrrole nitrogens is 1. The van der Waals surface area contributed by atoms with Gasteiger partial charge in [0.2, 0.25) is 0 Å². The van der Waals surface area contributed by atoms with Gasteiger partial charge < -0.3 is 10.7 Å². The van der Waals surface area contributed by atoms with Crippen LogP contribution in [0.25, 0.3) is 16.7 Å². The number of aromatic nitrogens is 3. The molecule has 0 fully saturated rings. The lowest BCUT2D eigenvalue weighted by Crippen LogP contribution is -2.12. The number of nitrogens with one attached hydrogen (secondary N) is 3. The lowest BCUT2D eigenvalue weighted by atomic mass is 9.95. The lowest BCUT2D eigenvalue weighted by Gasteiger charge is -2.17. The molecule has 4 aromatic rings. The third-order valence-corrected chi connectivity index (χ3v) is 5.58. The summed E-state index contributed by atoms with van der Waals surface area (Å²) < 4.78 is 45.6. The maximum absolute atomic E-state index is 15.5. The Morgan fingerprint density at radius 1 is 1.09 bits per heavy atom. The highest BCUT2D eigenvalue weighted by Gasteiger charge is 2.23. The van der Waals surface area contributed by atoms with Crippen molar-refractivity contribution in [2.75, 3.05) is 16.6 Å². The van der Waals surface area contributed by atoms with Crippen LogP contribution in [0.4, 0.5) is 30.2 Å². The van der Waals surface area contributed by atoms with Gasteiger partial charge in [-0.05, 0) is 31.5 Å². The second-order valence-corrected chi connectivity index (χ2v) is 8.11. The maximum atomic E-state index is 15.5. The number of aryl methyl sites for hydroxylation is 1. The molecule has 0 radical (unpaired) electrons. The molecule has 0 saturated heterocycles. The number of hydrazine groups is 1. The van der Waals surface area contributed by atoms with Crippen LogP contribution in [0.2, 0.25) is 5.02 Å². The van der Waals surface area contributed by atoms with E-state index in [1.807, 2.05) is 13.0 Å². The predicted octanol–water partition coefficient (Wildman–Crippen LogP) is 6.71. The van der Waals surface area contributed by atoms with Gasteiger partial charge in [0.1, 0.15) is 11.6 Å². The van der Waals surface area contributed by atoms with Crippen molar-refractivity contribution in [2.45, 2.75) is 20.3 Å². The molecule has 0 aliphatic rings. The van der Waals surface area contributed by atoms with Crippen molar-refractivity contribution < 1.29 is 13.2 Å². The number of hydrogen-bond donors (Lipinski definition) is 4. The Balaban J connectivity index is 1.73. The molecule has 5 N–H and O–H groups in total. The van der Waals surface area contributed by atoms with Gasteiger partial charge in [-0.1, -0.05) is 36.7 Å². The summed E-state index contributed by atoms with van der Waals surface area (Å²) >= 11 is 5.96. The number of nitrogen functional groups attached to an aromatic ring is 1. The van der Waals surface area contributed by atoms with Gasteiger partial charge in [-0.15, -0.1) is 0 Å². The SMILES string of the molecule is CC/C=C(\c1ncc[nH]1)c1ccc(-c2c(F)ccc(NNc3cc(Cl)cnc3C)c2F)c(F)c1N. The van der Waals surface area contributed by atoms with Crippen LogP contribution in [0.3, 0.4) is 0 Å². The smallest absolute Gasteiger partial charge is 0.158 e. The van der Waals surface area contributed by atoms with Crippen molar-refractivity contribution in [3.63, 3.8) is 0 Å². The highest BCUT2D eigenvalue weighted by Crippen LogP contribution is 2.38. The second kappa shape index (κ2) is 10.1. The van der Waals surface area contributed by atoms with E-state index in [-0.39, 0.29) is 16.9 Å². The first kappa shape index (κ1) is 24.2. The maximum Gasteiger partial charge on any atom is 0.158 e. The zero-order chi connectivity index (χ0) is 25.1. The molecule has 180 valence electrons. The molecule has 0 unspecified atom stereocenters. The Labute approximate surface area is 205 Å². The van der Waals surface area contributed by atoms with Crippen LogP contribution in [0.15, 0.2) is 55.0 Å². The number of aromatic amines is 1. The summed E-state index contributed by atoms with van der Waals surface area (Å²) in [6.07, 6.45) is 7.16. The number of halogens is 4. The van der Waals surface area contributed by atoms with E-state index in [0.717, 1.165) is 6.07 Å². The minimum absolute atomic E-state index is 0.107. The van der Waals surface area contributed by atoms with Crippen LogP contribution < -0.4 is 16.6 Å². The molecule has 0 bridgehead atoms. The summed E-state index contributed by atoms with van der Waals surface area (Å²) in [5, 5.41) is 0.379. The number of nitrogens with zero attached hydrogens (tertiary/aromatic N) is 2. The summed E-state index contributed by atoms with van der Waals surface area (Å²) in [6.45, 7) is 3.65. The molecule has 35 heavy (non-hydrogen) atoms. The molecule has 2 heterocycles. The predicted molar refractivity (Wildman–Crippen MR) is 133 cm³/mol. The molecular weight excluding hydrogens is 477 g/mol. The summed E-state index contributed by atoms with van der Waals surface area (Å²) in [5.41, 5.74) is 12.4. The summed E-state index contributed by atoms with van der Waals surface area (Å²) in [7, 11) is 0. The summed E-state index contributed by atoms with van der Waals surface area (Å²) in [4.78, 5) is 11.3. The Kier molecular flexibility index (Phi) is 6.97. The number of nitrogens with two attached hydrogens (primary N) is 1. The average Bonchev–Trinajstić information content (AvgIpc) is 3.37. The van der Waals surface area contributed by atoms with Crippen molar-refractivity contribution in [2.24, 2.45) is 0 Å². The van der Waals surface area contributed by atoms with Crippen molar-refractivity contribution in [1.82, 2.24) is 15.0 Å². The minimum Gasteiger partial charge on any atom is -0.396 e. The fourth-order valence-corrected chi connectivity index (χ4v) is 3.79. The van der Waals surface area contributed by atoms with E-state index in [0.29, 0.717) is 39.8 Å². The molecular formula is C25H22ClF3N6. The number of pyridine rings is 1. The van der Waals surface area contributed by atoms with E-state index in [9.17, 15) is 4.39 Å². The van der Waals surface area contributed by atoms with Gasteiger partial charge in [0, 0.05) is 35.3 Å². The Bertz CT molecular complexity index is 1400. The quantitative estimate of drug-likeness (QED) is 0.168. The largest absolute Gasteiger partial charge is 0.396 e. The first-order valence-electron chi connectivity index (χ1n) is 10.7. The number of allylic oxidation sites excluding steroid dienone is 1. The molecule has 0 amide bonds. The fourth-order valence-electron chi connectivity index (χ4n) is 3.64. The molecule has 10 heteroatoms. The highest BCUT2D eigenvalue weighted by molar-refractivity contribution is 6.30. The normalized spacial score (nSPS) is 11.5. The number of hydrogen-bond acceptors (Lipinski definition) is 5. The van der Waals surface area contributed by atoms with Crippen molar-refractivity contribution >= 4 is 34.2 Å². The molecule has 0 saturated carbocycles. The van der Waals surface area contributed by atoms with Crippen molar-refractivity contribution in [3.05, 3.63) is 94.6 Å². The van der Waals surface area contributed by atoms with E-state index in [2.05, 4.69) is 25.8 Å². The van der Waals surface area contributed by atoms with Gasteiger partial charge in [-0.3, -0.25) is 15.8 Å². The molecule has 0 spiro atoms. The first-order valence-corrected chi connectivity index (χ1v) is 11.1. The molecule has 0 aliphatic heterocycles. The Morgan fingerprint density at radius 2 is 1.86 bits per heavy atom. The number of rotatable bonds is 7. The van der Waals surface area contributed by atoms with E-state index in [1.54, 1.807) is 25.4 Å². The van der Waals surface area contributed by atoms with E-state index in [1.165, 1.54) is 24.4 Å². The number of anilines is 3. The van der Waals surface area contributed by atoms with Crippen LogP contribution in [0.1, 0.15) is 30.4 Å². The van der Waals surface area contributed by atoms with Gasteiger partial charge in [-0.25, -0.2) is 18.2 Å². The van der Waals surface area contributed by atoms with Crippen LogP contribution in [0.5, 0.6) is 0 Å². The summed E-state index contributed by atoms with van der Waals surface area (Å²) in [6, 6.07) is 6.66. The number of benzene rings is 2. The van der Waals surface area contributed by atoms with Crippen LogP contribution >= 0.6 is 11.6 Å². The van der Waals surface area contributed by atoms with Crippen molar-refractivity contribution in [3.8, 4) is 11.1 Å². The van der Waals surface area contributed by atoms with Crippen molar-refractivity contribution in [1.29, 1.82) is 0 Å². The average molecular weight is 499 g/mol. The van der Waals surface area contributed by atoms with Gasteiger partial charge >= 0.3 is 0 Å². The van der Waals surface area contributed by atoms with Gasteiger partial charge in [-0.2, -0.15) is 0 Å².